The van der Waals surface area contributed by atoms with Crippen LogP contribution in [-0.4, -0.2) is 19.7 Å². The van der Waals surface area contributed by atoms with Gasteiger partial charge in [0.2, 0.25) is 0 Å². The van der Waals surface area contributed by atoms with E-state index in [0.29, 0.717) is 10.2 Å². The molecule has 0 saturated carbocycles. The Labute approximate surface area is 103 Å². The predicted octanol–water partition coefficient (Wildman–Crippen LogP) is 2.14. The minimum atomic E-state index is -0.579. The van der Waals surface area contributed by atoms with Crippen molar-refractivity contribution in [1.29, 1.82) is 0 Å². The van der Waals surface area contributed by atoms with Crippen LogP contribution in [0.3, 0.4) is 0 Å². The maximum atomic E-state index is 12.9. The molecule has 0 aliphatic carbocycles. The fourth-order valence-corrected chi connectivity index (χ4v) is 1.61. The first kappa shape index (κ1) is 11.6. The zero-order chi connectivity index (χ0) is 12.4. The molecule has 2 aromatic rings. The highest BCUT2D eigenvalue weighted by molar-refractivity contribution is 9.10. The van der Waals surface area contributed by atoms with Crippen LogP contribution in [0, 0.1) is 15.9 Å². The lowest BCUT2D eigenvalue weighted by Gasteiger charge is -1.99. The number of nitrogens with zero attached hydrogens (tertiary/aromatic N) is 4. The Balaban J connectivity index is 2.19. The number of nitro groups is 1. The Kier molecular flexibility index (Phi) is 3.14. The highest BCUT2D eigenvalue weighted by atomic mass is 79.9. The molecule has 88 valence electrons. The van der Waals surface area contributed by atoms with Crippen molar-refractivity contribution in [3.05, 3.63) is 50.6 Å². The molecular formula is C9H6BrFN4O2. The van der Waals surface area contributed by atoms with E-state index in [9.17, 15) is 14.5 Å². The maximum Gasteiger partial charge on any atom is 0.389 e. The Morgan fingerprint density at radius 3 is 2.94 bits per heavy atom. The number of halogens is 2. The molecule has 0 amide bonds. The molecule has 0 N–H and O–H groups in total. The third-order valence-electron chi connectivity index (χ3n) is 2.00. The summed E-state index contributed by atoms with van der Waals surface area (Å²) in [5, 5.41) is 14.1. The van der Waals surface area contributed by atoms with Crippen molar-refractivity contribution in [3.63, 3.8) is 0 Å². The first-order valence-corrected chi connectivity index (χ1v) is 5.33. The number of hydrogen-bond acceptors (Lipinski definition) is 4. The number of pyridine rings is 1. The van der Waals surface area contributed by atoms with E-state index < -0.39 is 10.7 Å². The van der Waals surface area contributed by atoms with Crippen LogP contribution in [0.25, 0.3) is 0 Å². The van der Waals surface area contributed by atoms with Gasteiger partial charge in [-0.1, -0.05) is 0 Å². The SMILES string of the molecule is O=[N+]([O-])c1ccn(Cc2cc(Br)c(F)cn2)n1. The van der Waals surface area contributed by atoms with Crippen molar-refractivity contribution in [2.24, 2.45) is 0 Å². The summed E-state index contributed by atoms with van der Waals surface area (Å²) in [5.41, 5.74) is 0.552. The van der Waals surface area contributed by atoms with Gasteiger partial charge in [0, 0.05) is 0 Å². The Morgan fingerprint density at radius 1 is 1.59 bits per heavy atom. The van der Waals surface area contributed by atoms with Crippen LogP contribution >= 0.6 is 15.9 Å². The standard InChI is InChI=1S/C9H6BrFN4O2/c10-7-3-6(12-4-8(7)11)5-14-2-1-9(13-14)15(16)17/h1-4H,5H2. The number of rotatable bonds is 3. The van der Waals surface area contributed by atoms with E-state index in [-0.39, 0.29) is 12.4 Å². The summed E-state index contributed by atoms with van der Waals surface area (Å²) >= 11 is 3.03. The molecule has 0 fully saturated rings. The predicted molar refractivity (Wildman–Crippen MR) is 59.9 cm³/mol. The molecule has 0 unspecified atom stereocenters. The molecule has 0 atom stereocenters. The minimum absolute atomic E-state index is 0.230. The molecule has 8 heteroatoms. The van der Waals surface area contributed by atoms with E-state index in [2.05, 4.69) is 26.0 Å². The smallest absolute Gasteiger partial charge is 0.358 e. The van der Waals surface area contributed by atoms with Gasteiger partial charge in [-0.3, -0.25) is 4.98 Å². The molecule has 0 aliphatic heterocycles. The average molecular weight is 301 g/mol. The molecule has 0 aromatic carbocycles. The molecule has 0 saturated heterocycles. The minimum Gasteiger partial charge on any atom is -0.358 e. The van der Waals surface area contributed by atoms with Gasteiger partial charge in [-0.25, -0.2) is 4.39 Å². The zero-order valence-electron chi connectivity index (χ0n) is 8.38. The number of hydrogen-bond donors (Lipinski definition) is 0. The van der Waals surface area contributed by atoms with Gasteiger partial charge in [-0.2, -0.15) is 4.68 Å². The van der Waals surface area contributed by atoms with E-state index in [1.807, 2.05) is 0 Å². The second kappa shape index (κ2) is 4.58. The fourth-order valence-electron chi connectivity index (χ4n) is 1.24. The third-order valence-corrected chi connectivity index (χ3v) is 2.61. The molecule has 6 nitrogen and oxygen atoms in total. The molecule has 2 rings (SSSR count). The van der Waals surface area contributed by atoms with Gasteiger partial charge in [0.05, 0.1) is 33.7 Å². The quantitative estimate of drug-likeness (QED) is 0.643. The lowest BCUT2D eigenvalue weighted by Crippen LogP contribution is -2.03. The highest BCUT2D eigenvalue weighted by Gasteiger charge is 2.11. The van der Waals surface area contributed by atoms with Crippen molar-refractivity contribution in [2.75, 3.05) is 0 Å². The summed E-state index contributed by atoms with van der Waals surface area (Å²) in [6.07, 6.45) is 2.55. The van der Waals surface area contributed by atoms with Gasteiger partial charge >= 0.3 is 5.82 Å². The summed E-state index contributed by atoms with van der Waals surface area (Å²) in [6.45, 7) is 0.243. The van der Waals surface area contributed by atoms with Crippen LogP contribution in [-0.2, 0) is 6.54 Å². The molecule has 0 spiro atoms. The summed E-state index contributed by atoms with van der Waals surface area (Å²) in [6, 6.07) is 2.79. The van der Waals surface area contributed by atoms with Gasteiger partial charge in [0.25, 0.3) is 0 Å². The molecule has 0 bridgehead atoms. The maximum absolute atomic E-state index is 12.9. The van der Waals surface area contributed by atoms with Gasteiger partial charge in [-0.15, -0.1) is 0 Å². The van der Waals surface area contributed by atoms with Crippen LogP contribution in [0.5, 0.6) is 0 Å². The van der Waals surface area contributed by atoms with Crippen LogP contribution in [0.15, 0.2) is 29.0 Å². The van der Waals surface area contributed by atoms with Crippen LogP contribution in [0.1, 0.15) is 5.69 Å². The monoisotopic (exact) mass is 300 g/mol. The topological polar surface area (TPSA) is 73.8 Å². The lowest BCUT2D eigenvalue weighted by molar-refractivity contribution is -0.389. The lowest BCUT2D eigenvalue weighted by atomic mass is 10.3. The van der Waals surface area contributed by atoms with E-state index in [0.717, 1.165) is 6.20 Å². The van der Waals surface area contributed by atoms with E-state index in [1.165, 1.54) is 23.0 Å². The van der Waals surface area contributed by atoms with E-state index in [1.54, 1.807) is 0 Å². The Bertz CT molecular complexity index is 572. The largest absolute Gasteiger partial charge is 0.389 e. The first-order valence-electron chi connectivity index (χ1n) is 4.54. The van der Waals surface area contributed by atoms with Gasteiger partial charge in [-0.05, 0) is 26.9 Å². The zero-order valence-corrected chi connectivity index (χ0v) is 9.96. The average Bonchev–Trinajstić information content (AvgIpc) is 2.72. The van der Waals surface area contributed by atoms with Crippen LogP contribution in [0.4, 0.5) is 10.2 Å². The second-order valence-corrected chi connectivity index (χ2v) is 4.07. The van der Waals surface area contributed by atoms with E-state index in [4.69, 9.17) is 0 Å². The fraction of sp³-hybridized carbons (Fsp3) is 0.111. The van der Waals surface area contributed by atoms with Crippen LogP contribution in [0.2, 0.25) is 0 Å². The van der Waals surface area contributed by atoms with Gasteiger partial charge < -0.3 is 10.1 Å². The summed E-state index contributed by atoms with van der Waals surface area (Å²) < 4.78 is 14.6. The second-order valence-electron chi connectivity index (χ2n) is 3.22. The molecule has 2 aromatic heterocycles. The van der Waals surface area contributed by atoms with Crippen molar-refractivity contribution in [1.82, 2.24) is 14.8 Å². The molecule has 2 heterocycles. The Hall–Kier alpha value is -1.83. The molecule has 0 aliphatic rings. The van der Waals surface area contributed by atoms with Gasteiger partial charge in [0.15, 0.2) is 5.82 Å². The molecule has 0 radical (unpaired) electrons. The van der Waals surface area contributed by atoms with Crippen molar-refractivity contribution >= 4 is 21.7 Å². The van der Waals surface area contributed by atoms with Crippen molar-refractivity contribution in [3.8, 4) is 0 Å². The van der Waals surface area contributed by atoms with Crippen LogP contribution < -0.4 is 0 Å². The van der Waals surface area contributed by atoms with Crippen molar-refractivity contribution < 1.29 is 9.31 Å². The third kappa shape index (κ3) is 2.64. The number of aromatic nitrogens is 3. The molecular weight excluding hydrogens is 295 g/mol. The van der Waals surface area contributed by atoms with Crippen molar-refractivity contribution in [2.45, 2.75) is 6.54 Å². The van der Waals surface area contributed by atoms with Gasteiger partial charge in [0.1, 0.15) is 6.54 Å². The summed E-state index contributed by atoms with van der Waals surface area (Å²) in [5.74, 6) is -0.689. The molecule has 17 heavy (non-hydrogen) atoms. The normalized spacial score (nSPS) is 10.5. The summed E-state index contributed by atoms with van der Waals surface area (Å²) in [7, 11) is 0. The first-order chi connectivity index (χ1) is 8.06. The van der Waals surface area contributed by atoms with E-state index >= 15 is 0 Å². The Morgan fingerprint density at radius 2 is 2.35 bits per heavy atom. The summed E-state index contributed by atoms with van der Waals surface area (Å²) in [4.78, 5) is 13.7. The highest BCUT2D eigenvalue weighted by Crippen LogP contribution is 2.15.